The molecular weight excluding hydrogens is 104 g/mol. The summed E-state index contributed by atoms with van der Waals surface area (Å²) in [6, 6.07) is 0. The molecule has 1 unspecified atom stereocenters. The molecule has 0 aliphatic rings. The molecule has 0 radical (unpaired) electrons. The molecule has 0 aliphatic carbocycles. The minimum Gasteiger partial charge on any atom is -0.487 e. The Balaban J connectivity index is 3.23. The first kappa shape index (κ1) is 7.25. The second kappa shape index (κ2) is 4.41. The molecule has 0 aromatic carbocycles. The monoisotopic (exact) mass is 114 g/mol. The van der Waals surface area contributed by atoms with Crippen molar-refractivity contribution < 1.29 is 9.53 Å². The van der Waals surface area contributed by atoms with Crippen molar-refractivity contribution in [2.24, 2.45) is 0 Å². The van der Waals surface area contributed by atoms with Crippen LogP contribution in [0.25, 0.3) is 0 Å². The normalized spacial score (nSPS) is 11.8. The van der Waals surface area contributed by atoms with E-state index in [0.717, 1.165) is 12.7 Å². The topological polar surface area (TPSA) is 26.3 Å². The quantitative estimate of drug-likeness (QED) is 0.406. The van der Waals surface area contributed by atoms with Crippen LogP contribution in [0, 0.1) is 0 Å². The van der Waals surface area contributed by atoms with Gasteiger partial charge >= 0.3 is 0 Å². The molecule has 0 aromatic rings. The minimum absolute atomic E-state index is 0.136. The van der Waals surface area contributed by atoms with E-state index in [1.54, 1.807) is 0 Å². The minimum atomic E-state index is 0.136. The summed E-state index contributed by atoms with van der Waals surface area (Å²) in [5, 5.41) is 0. The van der Waals surface area contributed by atoms with Gasteiger partial charge in [0.2, 0.25) is 0 Å². The predicted octanol–water partition coefficient (Wildman–Crippen LogP) is 1.15. The van der Waals surface area contributed by atoms with E-state index in [1.165, 1.54) is 5.94 Å². The average molecular weight is 114 g/mol. The molecule has 0 heterocycles. The third-order valence-corrected chi connectivity index (χ3v) is 0.923. The summed E-state index contributed by atoms with van der Waals surface area (Å²) in [4.78, 5) is 9.52. The highest BCUT2D eigenvalue weighted by molar-refractivity contribution is 5.42. The molecule has 0 aliphatic heterocycles. The van der Waals surface area contributed by atoms with Crippen LogP contribution in [-0.2, 0) is 9.53 Å². The van der Waals surface area contributed by atoms with Crippen LogP contribution in [0.2, 0.25) is 0 Å². The van der Waals surface area contributed by atoms with Crippen molar-refractivity contribution in [2.75, 3.05) is 0 Å². The Morgan fingerprint density at radius 1 is 1.88 bits per heavy atom. The van der Waals surface area contributed by atoms with E-state index in [2.05, 4.69) is 0 Å². The third kappa shape index (κ3) is 3.44. The highest BCUT2D eigenvalue weighted by atomic mass is 16.5. The number of hydrogen-bond donors (Lipinski definition) is 0. The zero-order chi connectivity index (χ0) is 6.41. The summed E-state index contributed by atoms with van der Waals surface area (Å²) in [7, 11) is 0. The number of hydrogen-bond acceptors (Lipinski definition) is 2. The lowest BCUT2D eigenvalue weighted by molar-refractivity contribution is 0.160. The fourth-order valence-corrected chi connectivity index (χ4v) is 0.240. The van der Waals surface area contributed by atoms with E-state index >= 15 is 0 Å². The van der Waals surface area contributed by atoms with Crippen LogP contribution in [0.5, 0.6) is 0 Å². The first-order valence-electron chi connectivity index (χ1n) is 2.66. The molecule has 0 aromatic heterocycles. The first-order chi connectivity index (χ1) is 3.81. The lowest BCUT2D eigenvalue weighted by atomic mass is 10.3. The van der Waals surface area contributed by atoms with Crippen molar-refractivity contribution >= 4 is 5.94 Å². The van der Waals surface area contributed by atoms with Gasteiger partial charge in [-0.05, 0) is 13.3 Å². The number of rotatable bonds is 3. The second-order valence-electron chi connectivity index (χ2n) is 1.59. The maximum atomic E-state index is 9.52. The van der Waals surface area contributed by atoms with E-state index in [0.29, 0.717) is 0 Å². The summed E-state index contributed by atoms with van der Waals surface area (Å²) in [6.45, 7) is 3.89. The number of ether oxygens (including phenoxy) is 1. The molecule has 0 rings (SSSR count). The van der Waals surface area contributed by atoms with Crippen LogP contribution >= 0.6 is 0 Å². The summed E-state index contributed by atoms with van der Waals surface area (Å²) >= 11 is 0. The summed E-state index contributed by atoms with van der Waals surface area (Å²) in [6.07, 6.45) is 2.10. The molecule has 0 amide bonds. The molecule has 0 bridgehead atoms. The van der Waals surface area contributed by atoms with Gasteiger partial charge in [0.25, 0.3) is 0 Å². The van der Waals surface area contributed by atoms with Crippen LogP contribution in [-0.4, -0.2) is 12.0 Å². The van der Waals surface area contributed by atoms with E-state index in [1.807, 2.05) is 13.8 Å². The summed E-state index contributed by atoms with van der Waals surface area (Å²) in [5.41, 5.74) is 0. The predicted molar refractivity (Wildman–Crippen MR) is 31.1 cm³/mol. The smallest absolute Gasteiger partial charge is 0.167 e. The standard InChI is InChI=1S/C6H10O2/c1-3-6(2)8-5-4-7/h5-6H,3H2,1-2H3. The van der Waals surface area contributed by atoms with Gasteiger partial charge < -0.3 is 4.74 Å². The van der Waals surface area contributed by atoms with Crippen molar-refractivity contribution in [3.63, 3.8) is 0 Å². The molecule has 8 heavy (non-hydrogen) atoms. The molecule has 2 heteroatoms. The largest absolute Gasteiger partial charge is 0.487 e. The summed E-state index contributed by atoms with van der Waals surface area (Å²) in [5.74, 6) is 1.54. The molecule has 2 nitrogen and oxygen atoms in total. The maximum Gasteiger partial charge on any atom is 0.167 e. The molecule has 0 fully saturated rings. The van der Waals surface area contributed by atoms with E-state index in [9.17, 15) is 4.79 Å². The Hall–Kier alpha value is -0.750. The lowest BCUT2D eigenvalue weighted by Gasteiger charge is -2.03. The molecule has 0 spiro atoms. The van der Waals surface area contributed by atoms with Gasteiger partial charge in [-0.25, -0.2) is 4.79 Å². The Morgan fingerprint density at radius 2 is 2.50 bits per heavy atom. The van der Waals surface area contributed by atoms with Gasteiger partial charge in [0.1, 0.15) is 0 Å². The van der Waals surface area contributed by atoms with Crippen molar-refractivity contribution in [3.8, 4) is 0 Å². The van der Waals surface area contributed by atoms with Crippen LogP contribution in [0.15, 0.2) is 6.26 Å². The summed E-state index contributed by atoms with van der Waals surface area (Å²) < 4.78 is 4.79. The van der Waals surface area contributed by atoms with Gasteiger partial charge in [0.05, 0.1) is 6.10 Å². The van der Waals surface area contributed by atoms with Crippen LogP contribution < -0.4 is 0 Å². The van der Waals surface area contributed by atoms with E-state index in [4.69, 9.17) is 4.74 Å². The van der Waals surface area contributed by atoms with Gasteiger partial charge in [-0.1, -0.05) is 6.92 Å². The SMILES string of the molecule is CCC(C)OC=C=O. The van der Waals surface area contributed by atoms with Crippen LogP contribution in [0.3, 0.4) is 0 Å². The highest BCUT2D eigenvalue weighted by Gasteiger charge is 1.91. The molecule has 1 atom stereocenters. The van der Waals surface area contributed by atoms with Gasteiger partial charge in [-0.3, -0.25) is 0 Å². The Morgan fingerprint density at radius 3 is 2.88 bits per heavy atom. The maximum absolute atomic E-state index is 9.52. The fraction of sp³-hybridized carbons (Fsp3) is 0.667. The van der Waals surface area contributed by atoms with Gasteiger partial charge in [0, 0.05) is 0 Å². The highest BCUT2D eigenvalue weighted by Crippen LogP contribution is 1.93. The zero-order valence-corrected chi connectivity index (χ0v) is 5.18. The Labute approximate surface area is 49.1 Å². The molecular formula is C6H10O2. The molecule has 0 N–H and O–H groups in total. The van der Waals surface area contributed by atoms with Gasteiger partial charge in [-0.2, -0.15) is 0 Å². The van der Waals surface area contributed by atoms with E-state index in [-0.39, 0.29) is 6.10 Å². The first-order valence-corrected chi connectivity index (χ1v) is 2.66. The third-order valence-electron chi connectivity index (χ3n) is 0.923. The lowest BCUT2D eigenvalue weighted by Crippen LogP contribution is -2.00. The van der Waals surface area contributed by atoms with Crippen LogP contribution in [0.4, 0.5) is 0 Å². The molecule has 0 saturated heterocycles. The molecule has 0 saturated carbocycles. The van der Waals surface area contributed by atoms with Gasteiger partial charge in [-0.15, -0.1) is 0 Å². The Kier molecular flexibility index (Phi) is 4.00. The number of carbonyl (C=O) groups excluding carboxylic acids is 1. The average Bonchev–Trinajstić information content (AvgIpc) is 1.83. The van der Waals surface area contributed by atoms with E-state index < -0.39 is 0 Å². The fourth-order valence-electron chi connectivity index (χ4n) is 0.240. The second-order valence-corrected chi connectivity index (χ2v) is 1.59. The van der Waals surface area contributed by atoms with Crippen molar-refractivity contribution in [2.45, 2.75) is 26.4 Å². The van der Waals surface area contributed by atoms with Crippen LogP contribution in [0.1, 0.15) is 20.3 Å². The van der Waals surface area contributed by atoms with Crippen molar-refractivity contribution in [1.82, 2.24) is 0 Å². The van der Waals surface area contributed by atoms with Crippen molar-refractivity contribution in [3.05, 3.63) is 6.26 Å². The molecule has 46 valence electrons. The van der Waals surface area contributed by atoms with Crippen molar-refractivity contribution in [1.29, 1.82) is 0 Å². The van der Waals surface area contributed by atoms with Gasteiger partial charge in [0.15, 0.2) is 12.2 Å². The zero-order valence-electron chi connectivity index (χ0n) is 5.18. The Bertz CT molecular complexity index is 92.7.